The first-order chi connectivity index (χ1) is 15.5. The molecule has 6 nitrogen and oxygen atoms in total. The molecule has 2 aliphatic rings. The van der Waals surface area contributed by atoms with Crippen LogP contribution < -0.4 is 10.9 Å². The minimum Gasteiger partial charge on any atom is -0.385 e. The maximum atomic E-state index is 12.6. The van der Waals surface area contributed by atoms with E-state index >= 15 is 0 Å². The second kappa shape index (κ2) is 12.5. The fraction of sp³-hybridized carbons (Fsp3) is 0.545. The number of nitrogens with one attached hydrogen (secondary N) is 1. The third-order valence-electron chi connectivity index (χ3n) is 5.43. The Labute approximate surface area is 196 Å². The first-order valence-corrected chi connectivity index (χ1v) is 12.0. The average molecular weight is 487 g/mol. The lowest BCUT2D eigenvalue weighted by Gasteiger charge is -2.31. The lowest BCUT2D eigenvalue weighted by Crippen LogP contribution is -2.36. The molecule has 0 unspecified atom stereocenters. The predicted octanol–water partition coefficient (Wildman–Crippen LogP) is 5.41. The number of alkyl halides is 2. The number of hydrogen-bond donors (Lipinski definition) is 1. The molecule has 2 aliphatic heterocycles. The van der Waals surface area contributed by atoms with E-state index in [-0.39, 0.29) is 22.2 Å². The van der Waals surface area contributed by atoms with Crippen molar-refractivity contribution in [3.05, 3.63) is 51.4 Å². The molecule has 0 aliphatic carbocycles. The van der Waals surface area contributed by atoms with Crippen molar-refractivity contribution in [2.45, 2.75) is 49.5 Å². The molecule has 2 saturated heterocycles. The van der Waals surface area contributed by atoms with Crippen LogP contribution in [0.1, 0.15) is 50.1 Å². The molecule has 0 saturated carbocycles. The van der Waals surface area contributed by atoms with E-state index in [1.165, 1.54) is 36.1 Å². The fourth-order valence-electron chi connectivity index (χ4n) is 3.57. The number of hydrogen-bond acceptors (Lipinski definition) is 6. The SMILES string of the molecule is C1CCOCC1.CNc1cnn(C2CCN(Sc3ccc(C(F)F)cc3)CC2)c(=O)c1Cl. The standard InChI is InChI=1S/C17H19ClF2N4OS.C5H10O/c1-21-14-10-22-24(17(25)15(14)18)12-6-8-23(9-7-12)26-13-4-2-11(3-5-13)16(19)20;1-2-4-6-5-3-1/h2-5,10,12,16,21H,6-9H2,1H3;1-5H2. The lowest BCUT2D eigenvalue weighted by molar-refractivity contribution is 0.0968. The summed E-state index contributed by atoms with van der Waals surface area (Å²) < 4.78 is 33.9. The van der Waals surface area contributed by atoms with Crippen LogP contribution >= 0.6 is 23.5 Å². The van der Waals surface area contributed by atoms with E-state index in [1.807, 2.05) is 0 Å². The molecule has 0 bridgehead atoms. The first kappa shape index (κ1) is 25.0. The van der Waals surface area contributed by atoms with Crippen molar-refractivity contribution in [3.8, 4) is 0 Å². The summed E-state index contributed by atoms with van der Waals surface area (Å²) in [7, 11) is 1.69. The van der Waals surface area contributed by atoms with Crippen LogP contribution in [-0.2, 0) is 4.74 Å². The lowest BCUT2D eigenvalue weighted by atomic mass is 10.1. The van der Waals surface area contributed by atoms with Gasteiger partial charge in [0.2, 0.25) is 0 Å². The highest BCUT2D eigenvalue weighted by molar-refractivity contribution is 7.97. The van der Waals surface area contributed by atoms with Crippen molar-refractivity contribution in [1.29, 1.82) is 0 Å². The van der Waals surface area contributed by atoms with Crippen molar-refractivity contribution in [3.63, 3.8) is 0 Å². The summed E-state index contributed by atoms with van der Waals surface area (Å²) in [5, 5.41) is 7.23. The quantitative estimate of drug-likeness (QED) is 0.570. The van der Waals surface area contributed by atoms with E-state index in [4.69, 9.17) is 16.3 Å². The second-order valence-corrected chi connectivity index (χ2v) is 9.21. The summed E-state index contributed by atoms with van der Waals surface area (Å²) in [4.78, 5) is 13.3. The third-order valence-corrected chi connectivity index (χ3v) is 6.90. The Kier molecular flexibility index (Phi) is 9.77. The van der Waals surface area contributed by atoms with Crippen LogP contribution in [0.5, 0.6) is 0 Å². The van der Waals surface area contributed by atoms with Gasteiger partial charge < -0.3 is 10.1 Å². The number of aromatic nitrogens is 2. The van der Waals surface area contributed by atoms with Gasteiger partial charge in [0.15, 0.2) is 0 Å². The summed E-state index contributed by atoms with van der Waals surface area (Å²) in [6.45, 7) is 3.54. The van der Waals surface area contributed by atoms with Crippen LogP contribution in [0.15, 0.2) is 40.2 Å². The molecule has 1 aromatic carbocycles. The molecule has 0 radical (unpaired) electrons. The average Bonchev–Trinajstić information content (AvgIpc) is 2.83. The van der Waals surface area contributed by atoms with Crippen molar-refractivity contribution in [2.24, 2.45) is 0 Å². The van der Waals surface area contributed by atoms with Gasteiger partial charge in [-0.05, 0) is 56.2 Å². The highest BCUT2D eigenvalue weighted by Gasteiger charge is 2.24. The molecule has 3 heterocycles. The Morgan fingerprint density at radius 3 is 2.31 bits per heavy atom. The van der Waals surface area contributed by atoms with Gasteiger partial charge >= 0.3 is 0 Å². The number of piperidine rings is 1. The van der Waals surface area contributed by atoms with Crippen molar-refractivity contribution < 1.29 is 13.5 Å². The zero-order valence-corrected chi connectivity index (χ0v) is 19.7. The molecule has 1 aromatic heterocycles. The van der Waals surface area contributed by atoms with E-state index in [2.05, 4.69) is 14.7 Å². The topological polar surface area (TPSA) is 59.4 Å². The van der Waals surface area contributed by atoms with Gasteiger partial charge in [0.25, 0.3) is 12.0 Å². The largest absolute Gasteiger partial charge is 0.385 e. The van der Waals surface area contributed by atoms with Crippen LogP contribution in [0.3, 0.4) is 0 Å². The Balaban J connectivity index is 0.000000416. The minimum atomic E-state index is -2.45. The normalized spacial score (nSPS) is 17.7. The van der Waals surface area contributed by atoms with Gasteiger partial charge in [-0.2, -0.15) is 5.10 Å². The molecule has 0 atom stereocenters. The van der Waals surface area contributed by atoms with E-state index < -0.39 is 6.43 Å². The summed E-state index contributed by atoms with van der Waals surface area (Å²) in [6, 6.07) is 6.33. The fourth-order valence-corrected chi connectivity index (χ4v) is 4.75. The number of benzene rings is 1. The summed E-state index contributed by atoms with van der Waals surface area (Å²) in [6.07, 6.45) is 4.58. The Morgan fingerprint density at radius 1 is 1.16 bits per heavy atom. The van der Waals surface area contributed by atoms with Gasteiger partial charge in [-0.3, -0.25) is 4.79 Å². The summed E-state index contributed by atoms with van der Waals surface area (Å²) >= 11 is 7.63. The highest BCUT2D eigenvalue weighted by Crippen LogP contribution is 2.31. The van der Waals surface area contributed by atoms with Crippen molar-refractivity contribution in [2.75, 3.05) is 38.7 Å². The van der Waals surface area contributed by atoms with Gasteiger partial charge in [0.1, 0.15) is 5.02 Å². The molecule has 2 aromatic rings. The van der Waals surface area contributed by atoms with E-state index in [9.17, 15) is 13.6 Å². The van der Waals surface area contributed by atoms with E-state index in [0.717, 1.165) is 44.0 Å². The molecule has 0 amide bonds. The second-order valence-electron chi connectivity index (χ2n) is 7.67. The first-order valence-electron chi connectivity index (χ1n) is 10.8. The molecule has 4 rings (SSSR count). The highest BCUT2D eigenvalue weighted by atomic mass is 35.5. The van der Waals surface area contributed by atoms with Crippen LogP contribution in [0.2, 0.25) is 5.02 Å². The van der Waals surface area contributed by atoms with E-state index in [1.54, 1.807) is 37.3 Å². The Hall–Kier alpha value is -1.68. The summed E-state index contributed by atoms with van der Waals surface area (Å²) in [5.74, 6) is 0. The van der Waals surface area contributed by atoms with Gasteiger partial charge in [-0.1, -0.05) is 23.7 Å². The maximum Gasteiger partial charge on any atom is 0.287 e. The molecule has 32 heavy (non-hydrogen) atoms. The number of halogens is 3. The number of anilines is 1. The molecule has 2 fully saturated rings. The van der Waals surface area contributed by atoms with Gasteiger partial charge in [0.05, 0.1) is 17.9 Å². The van der Waals surface area contributed by atoms with Crippen LogP contribution in [0.4, 0.5) is 14.5 Å². The smallest absolute Gasteiger partial charge is 0.287 e. The molecule has 10 heteroatoms. The molecule has 0 spiro atoms. The van der Waals surface area contributed by atoms with Gasteiger partial charge in [-0.15, -0.1) is 0 Å². The van der Waals surface area contributed by atoms with E-state index in [0.29, 0.717) is 5.69 Å². The molecule has 176 valence electrons. The number of nitrogens with zero attached hydrogens (tertiary/aromatic N) is 3. The molecule has 1 N–H and O–H groups in total. The summed E-state index contributed by atoms with van der Waals surface area (Å²) in [5.41, 5.74) is 0.265. The van der Waals surface area contributed by atoms with Crippen LogP contribution in [0.25, 0.3) is 0 Å². The number of rotatable bonds is 5. The number of ether oxygens (including phenoxy) is 1. The zero-order chi connectivity index (χ0) is 22.9. The monoisotopic (exact) mass is 486 g/mol. The molecular formula is C22H29ClF2N4O2S. The van der Waals surface area contributed by atoms with Crippen LogP contribution in [0, 0.1) is 0 Å². The third kappa shape index (κ3) is 6.91. The Bertz CT molecular complexity index is 890. The maximum absolute atomic E-state index is 12.6. The predicted molar refractivity (Wildman–Crippen MR) is 125 cm³/mol. The zero-order valence-electron chi connectivity index (χ0n) is 18.1. The van der Waals surface area contributed by atoms with Crippen LogP contribution in [-0.4, -0.2) is 47.4 Å². The minimum absolute atomic E-state index is 0.00367. The Morgan fingerprint density at radius 2 is 1.81 bits per heavy atom. The van der Waals surface area contributed by atoms with Gasteiger partial charge in [0, 0.05) is 43.8 Å². The van der Waals surface area contributed by atoms with Crippen molar-refractivity contribution in [1.82, 2.24) is 14.1 Å². The van der Waals surface area contributed by atoms with Gasteiger partial charge in [-0.25, -0.2) is 17.8 Å². The molecular weight excluding hydrogens is 458 g/mol. The van der Waals surface area contributed by atoms with Crippen molar-refractivity contribution >= 4 is 29.2 Å².